The number of benzene rings is 1. The first-order chi connectivity index (χ1) is 12.3. The predicted octanol–water partition coefficient (Wildman–Crippen LogP) is 3.33. The van der Waals surface area contributed by atoms with E-state index >= 15 is 0 Å². The van der Waals surface area contributed by atoms with E-state index in [0.29, 0.717) is 12.5 Å². The van der Waals surface area contributed by atoms with Gasteiger partial charge in [-0.1, -0.05) is 36.4 Å². The minimum absolute atomic E-state index is 0.0333. The molecule has 1 spiro atoms. The van der Waals surface area contributed by atoms with E-state index < -0.39 is 0 Å². The first-order valence-corrected chi connectivity index (χ1v) is 9.29. The average molecular weight is 338 g/mol. The van der Waals surface area contributed by atoms with E-state index in [0.717, 1.165) is 32.4 Å². The average Bonchev–Trinajstić information content (AvgIpc) is 3.03. The molecule has 2 aliphatic heterocycles. The number of ether oxygens (including phenoxy) is 2. The number of rotatable bonds is 5. The Bertz CT molecular complexity index is 664. The van der Waals surface area contributed by atoms with Crippen LogP contribution in [0.1, 0.15) is 24.8 Å². The second-order valence-electron chi connectivity index (χ2n) is 7.22. The summed E-state index contributed by atoms with van der Waals surface area (Å²) < 4.78 is 12.3. The number of hydrogen-bond acceptors (Lipinski definition) is 4. The van der Waals surface area contributed by atoms with Gasteiger partial charge in [0.05, 0.1) is 12.2 Å². The van der Waals surface area contributed by atoms with Crippen molar-refractivity contribution >= 4 is 0 Å². The van der Waals surface area contributed by atoms with E-state index in [1.807, 2.05) is 18.2 Å². The lowest BCUT2D eigenvalue weighted by Gasteiger charge is -2.39. The van der Waals surface area contributed by atoms with Crippen LogP contribution in [-0.4, -0.2) is 47.8 Å². The molecule has 0 bridgehead atoms. The first kappa shape index (κ1) is 16.6. The summed E-state index contributed by atoms with van der Waals surface area (Å²) in [5, 5.41) is 0. The molecular formula is C21H26N2O2. The summed E-state index contributed by atoms with van der Waals surface area (Å²) >= 11 is 0. The van der Waals surface area contributed by atoms with Gasteiger partial charge in [-0.3, -0.25) is 0 Å². The molecule has 0 saturated carbocycles. The number of hydrogen-bond donors (Lipinski definition) is 0. The van der Waals surface area contributed by atoms with Crippen LogP contribution in [-0.2, 0) is 11.2 Å². The van der Waals surface area contributed by atoms with Crippen molar-refractivity contribution in [2.45, 2.75) is 37.4 Å². The number of aromatic nitrogens is 1. The molecule has 25 heavy (non-hydrogen) atoms. The smallest absolute Gasteiger partial charge is 0.213 e. The van der Waals surface area contributed by atoms with Crippen LogP contribution in [0.25, 0.3) is 0 Å². The molecule has 2 atom stereocenters. The third-order valence-electron chi connectivity index (χ3n) is 5.28. The van der Waals surface area contributed by atoms with Gasteiger partial charge in [0, 0.05) is 31.8 Å². The minimum Gasteiger partial charge on any atom is -0.472 e. The molecule has 1 aromatic carbocycles. The predicted molar refractivity (Wildman–Crippen MR) is 97.8 cm³/mol. The zero-order valence-corrected chi connectivity index (χ0v) is 14.6. The summed E-state index contributed by atoms with van der Waals surface area (Å²) in [7, 11) is 0. The Kier molecular flexibility index (Phi) is 4.99. The van der Waals surface area contributed by atoms with Gasteiger partial charge in [-0.05, 0) is 37.4 Å². The zero-order chi connectivity index (χ0) is 17.0. The highest BCUT2D eigenvalue weighted by Crippen LogP contribution is 2.36. The maximum atomic E-state index is 6.25. The Hall–Kier alpha value is -1.91. The Morgan fingerprint density at radius 2 is 2.04 bits per heavy atom. The van der Waals surface area contributed by atoms with E-state index in [2.05, 4.69) is 40.2 Å². The molecular weight excluding hydrogens is 312 g/mol. The van der Waals surface area contributed by atoms with Crippen molar-refractivity contribution in [2.75, 3.05) is 26.2 Å². The van der Waals surface area contributed by atoms with Gasteiger partial charge in [0.1, 0.15) is 6.10 Å². The van der Waals surface area contributed by atoms with Crippen LogP contribution in [0.2, 0.25) is 0 Å². The highest BCUT2D eigenvalue weighted by molar-refractivity contribution is 5.15. The molecule has 0 aliphatic carbocycles. The van der Waals surface area contributed by atoms with Gasteiger partial charge in [-0.15, -0.1) is 0 Å². The van der Waals surface area contributed by atoms with Crippen LogP contribution in [0.4, 0.5) is 0 Å². The molecule has 2 saturated heterocycles. The summed E-state index contributed by atoms with van der Waals surface area (Å²) in [6.07, 6.45) is 6.29. The lowest BCUT2D eigenvalue weighted by Crippen LogP contribution is -2.48. The van der Waals surface area contributed by atoms with Gasteiger partial charge in [-0.2, -0.15) is 0 Å². The van der Waals surface area contributed by atoms with E-state index in [1.165, 1.54) is 18.5 Å². The summed E-state index contributed by atoms with van der Waals surface area (Å²) in [6, 6.07) is 16.5. The second kappa shape index (κ2) is 7.54. The summed E-state index contributed by atoms with van der Waals surface area (Å²) in [4.78, 5) is 6.82. The highest BCUT2D eigenvalue weighted by atomic mass is 16.6. The molecule has 4 heteroatoms. The van der Waals surface area contributed by atoms with Crippen LogP contribution in [0, 0.1) is 0 Å². The summed E-state index contributed by atoms with van der Waals surface area (Å²) in [6.45, 7) is 3.95. The van der Waals surface area contributed by atoms with Gasteiger partial charge < -0.3 is 14.4 Å². The number of piperidine rings is 1. The molecule has 0 unspecified atom stereocenters. The third kappa shape index (κ3) is 4.20. The van der Waals surface area contributed by atoms with Crippen molar-refractivity contribution < 1.29 is 9.47 Å². The SMILES string of the molecule is c1ccc(CCN2CCC[C@@]3(C[C@@H](Oc4ccccn4)CO3)C2)cc1. The van der Waals surface area contributed by atoms with Crippen molar-refractivity contribution in [1.82, 2.24) is 9.88 Å². The normalized spacial score (nSPS) is 26.8. The molecule has 4 nitrogen and oxygen atoms in total. The van der Waals surface area contributed by atoms with E-state index in [9.17, 15) is 0 Å². The second-order valence-corrected chi connectivity index (χ2v) is 7.22. The van der Waals surface area contributed by atoms with Crippen molar-refractivity contribution in [3.8, 4) is 5.88 Å². The lowest BCUT2D eigenvalue weighted by atomic mass is 9.89. The maximum absolute atomic E-state index is 6.25. The topological polar surface area (TPSA) is 34.6 Å². The molecule has 3 heterocycles. The number of likely N-dealkylation sites (tertiary alicyclic amines) is 1. The van der Waals surface area contributed by atoms with E-state index in [1.54, 1.807) is 6.20 Å². The van der Waals surface area contributed by atoms with Crippen molar-refractivity contribution in [2.24, 2.45) is 0 Å². The van der Waals surface area contributed by atoms with Crippen LogP contribution < -0.4 is 4.74 Å². The van der Waals surface area contributed by atoms with E-state index in [-0.39, 0.29) is 11.7 Å². The highest BCUT2D eigenvalue weighted by Gasteiger charge is 2.44. The summed E-state index contributed by atoms with van der Waals surface area (Å²) in [5.41, 5.74) is 1.37. The molecule has 1 aromatic heterocycles. The third-order valence-corrected chi connectivity index (χ3v) is 5.28. The molecule has 132 valence electrons. The molecule has 4 rings (SSSR count). The van der Waals surface area contributed by atoms with Crippen LogP contribution in [0.5, 0.6) is 5.88 Å². The molecule has 2 aromatic rings. The van der Waals surface area contributed by atoms with Gasteiger partial charge >= 0.3 is 0 Å². The van der Waals surface area contributed by atoms with Crippen LogP contribution in [0.15, 0.2) is 54.7 Å². The van der Waals surface area contributed by atoms with Gasteiger partial charge in [-0.25, -0.2) is 4.98 Å². The molecule has 0 radical (unpaired) electrons. The lowest BCUT2D eigenvalue weighted by molar-refractivity contribution is -0.0515. The molecule has 0 amide bonds. The Morgan fingerprint density at radius 1 is 1.16 bits per heavy atom. The monoisotopic (exact) mass is 338 g/mol. The summed E-state index contributed by atoms with van der Waals surface area (Å²) in [5.74, 6) is 0.699. The largest absolute Gasteiger partial charge is 0.472 e. The zero-order valence-electron chi connectivity index (χ0n) is 14.6. The number of pyridine rings is 1. The van der Waals surface area contributed by atoms with Gasteiger partial charge in [0.15, 0.2) is 0 Å². The van der Waals surface area contributed by atoms with Gasteiger partial charge in [0.2, 0.25) is 5.88 Å². The first-order valence-electron chi connectivity index (χ1n) is 9.29. The fourth-order valence-corrected chi connectivity index (χ4v) is 4.06. The molecule has 0 N–H and O–H groups in total. The Labute approximate surface area is 149 Å². The Balaban J connectivity index is 1.31. The van der Waals surface area contributed by atoms with Crippen LogP contribution >= 0.6 is 0 Å². The fraction of sp³-hybridized carbons (Fsp3) is 0.476. The van der Waals surface area contributed by atoms with E-state index in [4.69, 9.17) is 9.47 Å². The van der Waals surface area contributed by atoms with Gasteiger partial charge in [0.25, 0.3) is 0 Å². The minimum atomic E-state index is -0.0333. The van der Waals surface area contributed by atoms with Crippen LogP contribution in [0.3, 0.4) is 0 Å². The maximum Gasteiger partial charge on any atom is 0.213 e. The van der Waals surface area contributed by atoms with Crippen molar-refractivity contribution in [3.05, 3.63) is 60.3 Å². The van der Waals surface area contributed by atoms with Crippen molar-refractivity contribution in [3.63, 3.8) is 0 Å². The van der Waals surface area contributed by atoms with Crippen molar-refractivity contribution in [1.29, 1.82) is 0 Å². The standard InChI is InChI=1S/C21H26N2O2/c1-2-7-18(8-3-1)10-14-23-13-6-11-21(17-23)15-19(16-24-21)25-20-9-4-5-12-22-20/h1-5,7-9,12,19H,6,10-11,13-17H2/t19-,21-/m1/s1. The quantitative estimate of drug-likeness (QED) is 0.838. The Morgan fingerprint density at radius 3 is 2.88 bits per heavy atom. The fourth-order valence-electron chi connectivity index (χ4n) is 4.06. The molecule has 2 fully saturated rings. The number of nitrogens with zero attached hydrogens (tertiary/aromatic N) is 2. The molecule has 2 aliphatic rings.